The highest BCUT2D eigenvalue weighted by molar-refractivity contribution is 4.98. The smallest absolute Gasteiger partial charge is 0.00802 e. The third-order valence-corrected chi connectivity index (χ3v) is 5.00. The Morgan fingerprint density at radius 1 is 0.882 bits per heavy atom. The first-order chi connectivity index (χ1) is 8.28. The van der Waals surface area contributed by atoms with E-state index in [1.165, 1.54) is 70.6 Å². The van der Waals surface area contributed by atoms with Gasteiger partial charge >= 0.3 is 0 Å². The quantitative estimate of drug-likeness (QED) is 0.708. The Bertz CT molecular complexity index is 204. The second-order valence-corrected chi connectivity index (χ2v) is 6.61. The van der Waals surface area contributed by atoms with Crippen LogP contribution in [0.4, 0.5) is 0 Å². The lowest BCUT2D eigenvalue weighted by Gasteiger charge is -2.50. The number of hydrogen-bond acceptors (Lipinski definition) is 1. The minimum absolute atomic E-state index is 0.732. The van der Waals surface area contributed by atoms with Gasteiger partial charge in [-0.25, -0.2) is 0 Å². The molecule has 0 atom stereocenters. The maximum Gasteiger partial charge on any atom is 0.00802 e. The summed E-state index contributed by atoms with van der Waals surface area (Å²) in [4.78, 5) is 0. The fourth-order valence-electron chi connectivity index (χ4n) is 4.30. The zero-order chi connectivity index (χ0) is 12.1. The van der Waals surface area contributed by atoms with Crippen molar-refractivity contribution in [1.82, 2.24) is 5.32 Å². The molecule has 100 valence electrons. The molecular weight excluding hydrogens is 206 g/mol. The zero-order valence-electron chi connectivity index (χ0n) is 11.9. The summed E-state index contributed by atoms with van der Waals surface area (Å²) in [6.45, 7) is 4.69. The lowest BCUT2D eigenvalue weighted by molar-refractivity contribution is 0.0499. The fourth-order valence-corrected chi connectivity index (χ4v) is 4.30. The first-order valence-electron chi connectivity index (χ1n) is 8.04. The van der Waals surface area contributed by atoms with Crippen molar-refractivity contribution >= 4 is 0 Å². The Morgan fingerprint density at radius 3 is 2.00 bits per heavy atom. The minimum Gasteiger partial charge on any atom is -0.311 e. The summed E-state index contributed by atoms with van der Waals surface area (Å²) in [5.74, 6) is 0. The van der Waals surface area contributed by atoms with Crippen LogP contribution in [0, 0.1) is 5.41 Å². The molecule has 0 heterocycles. The standard InChI is InChI=1S/C16H31N/c1-3-10-16(11-4-2)12-15(13-16)17-14-8-6-5-7-9-14/h14-15,17H,3-13H2,1-2H3. The summed E-state index contributed by atoms with van der Waals surface area (Å²) < 4.78 is 0. The normalized spacial score (nSPS) is 25.8. The van der Waals surface area contributed by atoms with Crippen molar-refractivity contribution in [3.8, 4) is 0 Å². The fraction of sp³-hybridized carbons (Fsp3) is 1.00. The molecule has 0 spiro atoms. The first-order valence-corrected chi connectivity index (χ1v) is 8.04. The van der Waals surface area contributed by atoms with Crippen LogP contribution in [0.2, 0.25) is 0 Å². The highest BCUT2D eigenvalue weighted by atomic mass is 15.0. The molecule has 17 heavy (non-hydrogen) atoms. The molecule has 0 aromatic rings. The van der Waals surface area contributed by atoms with Crippen LogP contribution >= 0.6 is 0 Å². The van der Waals surface area contributed by atoms with Gasteiger partial charge < -0.3 is 5.32 Å². The van der Waals surface area contributed by atoms with Gasteiger partial charge in [-0.1, -0.05) is 46.0 Å². The topological polar surface area (TPSA) is 12.0 Å². The van der Waals surface area contributed by atoms with Gasteiger partial charge in [-0.05, 0) is 43.9 Å². The van der Waals surface area contributed by atoms with E-state index in [4.69, 9.17) is 0 Å². The summed E-state index contributed by atoms with van der Waals surface area (Å²) >= 11 is 0. The second-order valence-electron chi connectivity index (χ2n) is 6.61. The lowest BCUT2D eigenvalue weighted by atomic mass is 9.60. The predicted molar refractivity (Wildman–Crippen MR) is 75.3 cm³/mol. The van der Waals surface area contributed by atoms with Crippen molar-refractivity contribution in [2.24, 2.45) is 5.41 Å². The molecule has 1 nitrogen and oxygen atoms in total. The molecule has 2 aliphatic carbocycles. The van der Waals surface area contributed by atoms with Crippen molar-refractivity contribution in [3.05, 3.63) is 0 Å². The van der Waals surface area contributed by atoms with Gasteiger partial charge in [0.2, 0.25) is 0 Å². The summed E-state index contributed by atoms with van der Waals surface area (Å²) in [5, 5.41) is 3.93. The highest BCUT2D eigenvalue weighted by Gasteiger charge is 2.42. The van der Waals surface area contributed by atoms with Crippen LogP contribution < -0.4 is 5.32 Å². The molecule has 2 aliphatic rings. The molecule has 0 aromatic carbocycles. The lowest BCUT2D eigenvalue weighted by Crippen LogP contribution is -2.52. The molecule has 0 aliphatic heterocycles. The van der Waals surface area contributed by atoms with E-state index in [1.807, 2.05) is 0 Å². The average molecular weight is 237 g/mol. The monoisotopic (exact) mass is 237 g/mol. The summed E-state index contributed by atoms with van der Waals surface area (Å²) in [6, 6.07) is 1.71. The van der Waals surface area contributed by atoms with E-state index in [1.54, 1.807) is 0 Å². The van der Waals surface area contributed by atoms with E-state index in [9.17, 15) is 0 Å². The second kappa shape index (κ2) is 6.22. The van der Waals surface area contributed by atoms with Crippen LogP contribution in [0.25, 0.3) is 0 Å². The van der Waals surface area contributed by atoms with Crippen molar-refractivity contribution in [2.45, 2.75) is 96.6 Å². The molecule has 0 bridgehead atoms. The van der Waals surface area contributed by atoms with Gasteiger partial charge in [0.15, 0.2) is 0 Å². The van der Waals surface area contributed by atoms with Gasteiger partial charge in [-0.2, -0.15) is 0 Å². The van der Waals surface area contributed by atoms with Gasteiger partial charge in [0.25, 0.3) is 0 Å². The van der Waals surface area contributed by atoms with E-state index < -0.39 is 0 Å². The molecule has 1 heteroatoms. The van der Waals surface area contributed by atoms with Crippen LogP contribution in [0.15, 0.2) is 0 Å². The maximum atomic E-state index is 3.93. The van der Waals surface area contributed by atoms with E-state index in [0.717, 1.165) is 17.5 Å². The number of nitrogens with one attached hydrogen (secondary N) is 1. The van der Waals surface area contributed by atoms with Gasteiger partial charge in [0.1, 0.15) is 0 Å². The van der Waals surface area contributed by atoms with E-state index in [-0.39, 0.29) is 0 Å². The minimum atomic E-state index is 0.732. The Kier molecular flexibility index (Phi) is 4.90. The average Bonchev–Trinajstić information content (AvgIpc) is 2.29. The van der Waals surface area contributed by atoms with Crippen LogP contribution in [0.5, 0.6) is 0 Å². The zero-order valence-corrected chi connectivity index (χ0v) is 11.9. The van der Waals surface area contributed by atoms with Gasteiger partial charge in [-0.15, -0.1) is 0 Å². The highest BCUT2D eigenvalue weighted by Crippen LogP contribution is 2.48. The SMILES string of the molecule is CCCC1(CCC)CC(NC2CCCCC2)C1. The Labute approximate surface area is 108 Å². The number of hydrogen-bond donors (Lipinski definition) is 1. The summed E-state index contributed by atoms with van der Waals surface area (Å²) in [6.07, 6.45) is 15.9. The summed E-state index contributed by atoms with van der Waals surface area (Å²) in [7, 11) is 0. The molecule has 2 saturated carbocycles. The van der Waals surface area contributed by atoms with Gasteiger partial charge in [0.05, 0.1) is 0 Å². The summed E-state index contributed by atoms with van der Waals surface area (Å²) in [5.41, 5.74) is 0.732. The van der Waals surface area contributed by atoms with Crippen molar-refractivity contribution in [1.29, 1.82) is 0 Å². The van der Waals surface area contributed by atoms with Crippen LogP contribution in [-0.2, 0) is 0 Å². The Hall–Kier alpha value is -0.0400. The molecule has 1 N–H and O–H groups in total. The van der Waals surface area contributed by atoms with Crippen molar-refractivity contribution < 1.29 is 0 Å². The van der Waals surface area contributed by atoms with Gasteiger partial charge in [0, 0.05) is 12.1 Å². The molecule has 2 fully saturated rings. The van der Waals surface area contributed by atoms with Crippen molar-refractivity contribution in [3.63, 3.8) is 0 Å². The molecule has 0 amide bonds. The molecule has 2 rings (SSSR count). The third-order valence-electron chi connectivity index (χ3n) is 5.00. The molecule has 0 aromatic heterocycles. The molecule has 0 saturated heterocycles. The van der Waals surface area contributed by atoms with Crippen LogP contribution in [-0.4, -0.2) is 12.1 Å². The third kappa shape index (κ3) is 3.47. The Balaban J connectivity index is 1.71. The van der Waals surface area contributed by atoms with Crippen LogP contribution in [0.3, 0.4) is 0 Å². The predicted octanol–water partition coefficient (Wildman–Crippen LogP) is 4.66. The number of rotatable bonds is 6. The maximum absolute atomic E-state index is 3.93. The van der Waals surface area contributed by atoms with Crippen LogP contribution in [0.1, 0.15) is 84.5 Å². The van der Waals surface area contributed by atoms with Gasteiger partial charge in [-0.3, -0.25) is 0 Å². The molecular formula is C16H31N. The molecule has 0 radical (unpaired) electrons. The first kappa shape index (κ1) is 13.4. The molecule has 0 unspecified atom stereocenters. The van der Waals surface area contributed by atoms with E-state index in [0.29, 0.717) is 0 Å². The largest absolute Gasteiger partial charge is 0.311 e. The van der Waals surface area contributed by atoms with Crippen molar-refractivity contribution in [2.75, 3.05) is 0 Å². The Morgan fingerprint density at radius 2 is 1.47 bits per heavy atom. The van der Waals surface area contributed by atoms with E-state index >= 15 is 0 Å². The van der Waals surface area contributed by atoms with E-state index in [2.05, 4.69) is 19.2 Å².